The second-order valence-electron chi connectivity index (χ2n) is 2.49. The molecule has 1 aromatic carbocycles. The summed E-state index contributed by atoms with van der Waals surface area (Å²) < 4.78 is 6.44. The third-order valence-electron chi connectivity index (χ3n) is 1.33. The topological polar surface area (TPSA) is 9.23 Å². The Labute approximate surface area is 86.7 Å². The van der Waals surface area contributed by atoms with E-state index in [-0.39, 0.29) is 0 Å². The number of thiol groups is 1. The van der Waals surface area contributed by atoms with Crippen molar-refractivity contribution in [1.29, 1.82) is 0 Å². The van der Waals surface area contributed by atoms with Crippen molar-refractivity contribution >= 4 is 28.6 Å². The third-order valence-corrected chi connectivity index (χ3v) is 2.04. The Hall–Kier alpha value is -0.150. The summed E-state index contributed by atoms with van der Waals surface area (Å²) in [5, 5.41) is 0. The molecule has 0 aliphatic carbocycles. The van der Waals surface area contributed by atoms with Crippen LogP contribution in [0.4, 0.5) is 0 Å². The Morgan fingerprint density at radius 3 is 2.75 bits per heavy atom. The number of rotatable bonds is 3. The van der Waals surface area contributed by atoms with Gasteiger partial charge in [0.1, 0.15) is 5.75 Å². The fourth-order valence-electron chi connectivity index (χ4n) is 0.851. The van der Waals surface area contributed by atoms with Crippen LogP contribution >= 0.6 is 28.6 Å². The lowest BCUT2D eigenvalue weighted by Gasteiger charge is -2.05. The SMILES string of the molecule is CCCOc1cc(S)cc(Br)c1. The van der Waals surface area contributed by atoms with Gasteiger partial charge in [-0.1, -0.05) is 22.9 Å². The molecule has 0 saturated carbocycles. The highest BCUT2D eigenvalue weighted by atomic mass is 79.9. The second kappa shape index (κ2) is 4.77. The Morgan fingerprint density at radius 1 is 1.42 bits per heavy atom. The largest absolute Gasteiger partial charge is 0.494 e. The van der Waals surface area contributed by atoms with Crippen molar-refractivity contribution in [3.8, 4) is 5.75 Å². The van der Waals surface area contributed by atoms with Crippen LogP contribution in [0.25, 0.3) is 0 Å². The zero-order chi connectivity index (χ0) is 8.97. The van der Waals surface area contributed by atoms with Gasteiger partial charge in [-0.05, 0) is 24.6 Å². The summed E-state index contributed by atoms with van der Waals surface area (Å²) in [4.78, 5) is 0.912. The molecule has 0 radical (unpaired) electrons. The van der Waals surface area contributed by atoms with Crippen molar-refractivity contribution in [1.82, 2.24) is 0 Å². The lowest BCUT2D eigenvalue weighted by atomic mass is 10.3. The minimum Gasteiger partial charge on any atom is -0.494 e. The lowest BCUT2D eigenvalue weighted by Crippen LogP contribution is -1.94. The predicted octanol–water partition coefficient (Wildman–Crippen LogP) is 3.53. The normalized spacial score (nSPS) is 9.92. The van der Waals surface area contributed by atoms with E-state index in [1.54, 1.807) is 0 Å². The number of halogens is 1. The number of hydrogen-bond acceptors (Lipinski definition) is 2. The van der Waals surface area contributed by atoms with Crippen molar-refractivity contribution in [2.24, 2.45) is 0 Å². The minimum absolute atomic E-state index is 0.754. The van der Waals surface area contributed by atoms with Crippen molar-refractivity contribution in [3.63, 3.8) is 0 Å². The molecule has 0 aliphatic rings. The molecule has 0 N–H and O–H groups in total. The number of hydrogen-bond donors (Lipinski definition) is 1. The molecule has 0 atom stereocenters. The molecular formula is C9H11BrOS. The Kier molecular flexibility index (Phi) is 3.95. The van der Waals surface area contributed by atoms with E-state index in [0.29, 0.717) is 0 Å². The monoisotopic (exact) mass is 246 g/mol. The Morgan fingerprint density at radius 2 is 2.17 bits per heavy atom. The molecule has 12 heavy (non-hydrogen) atoms. The van der Waals surface area contributed by atoms with E-state index < -0.39 is 0 Å². The maximum atomic E-state index is 5.44. The average Bonchev–Trinajstić information content (AvgIpc) is 1.99. The second-order valence-corrected chi connectivity index (χ2v) is 3.93. The van der Waals surface area contributed by atoms with Gasteiger partial charge in [0.25, 0.3) is 0 Å². The van der Waals surface area contributed by atoms with Crippen LogP contribution in [0.2, 0.25) is 0 Å². The van der Waals surface area contributed by atoms with Gasteiger partial charge in [0.2, 0.25) is 0 Å². The molecule has 0 aromatic heterocycles. The van der Waals surface area contributed by atoms with Crippen LogP contribution in [-0.2, 0) is 0 Å². The fraction of sp³-hybridized carbons (Fsp3) is 0.333. The third kappa shape index (κ3) is 3.07. The van der Waals surface area contributed by atoms with Gasteiger partial charge in [0.05, 0.1) is 6.61 Å². The van der Waals surface area contributed by atoms with E-state index >= 15 is 0 Å². The summed E-state index contributed by atoms with van der Waals surface area (Å²) in [6.07, 6.45) is 1.02. The highest BCUT2D eigenvalue weighted by Crippen LogP contribution is 2.23. The summed E-state index contributed by atoms with van der Waals surface area (Å²) in [5.41, 5.74) is 0. The summed E-state index contributed by atoms with van der Waals surface area (Å²) in [6, 6.07) is 5.78. The molecule has 0 fully saturated rings. The van der Waals surface area contributed by atoms with Crippen LogP contribution in [0.5, 0.6) is 5.75 Å². The van der Waals surface area contributed by atoms with E-state index in [1.165, 1.54) is 0 Å². The van der Waals surface area contributed by atoms with E-state index in [0.717, 1.165) is 28.1 Å². The highest BCUT2D eigenvalue weighted by molar-refractivity contribution is 9.10. The van der Waals surface area contributed by atoms with Gasteiger partial charge in [-0.15, -0.1) is 12.6 Å². The summed E-state index contributed by atoms with van der Waals surface area (Å²) in [6.45, 7) is 2.84. The molecule has 0 amide bonds. The quantitative estimate of drug-likeness (QED) is 0.804. The highest BCUT2D eigenvalue weighted by Gasteiger charge is 1.96. The average molecular weight is 247 g/mol. The van der Waals surface area contributed by atoms with E-state index in [1.807, 2.05) is 18.2 Å². The maximum Gasteiger partial charge on any atom is 0.121 e. The first-order valence-corrected chi connectivity index (χ1v) is 5.08. The first-order valence-electron chi connectivity index (χ1n) is 3.84. The Balaban J connectivity index is 2.72. The van der Waals surface area contributed by atoms with Crippen LogP contribution in [0.3, 0.4) is 0 Å². The van der Waals surface area contributed by atoms with Crippen LogP contribution in [0, 0.1) is 0 Å². The van der Waals surface area contributed by atoms with Crippen LogP contribution in [0.1, 0.15) is 13.3 Å². The zero-order valence-electron chi connectivity index (χ0n) is 6.88. The van der Waals surface area contributed by atoms with Crippen LogP contribution in [0.15, 0.2) is 27.6 Å². The maximum absolute atomic E-state index is 5.44. The van der Waals surface area contributed by atoms with Gasteiger partial charge in [0, 0.05) is 9.37 Å². The summed E-state index contributed by atoms with van der Waals surface area (Å²) >= 11 is 7.61. The van der Waals surface area contributed by atoms with Gasteiger partial charge >= 0.3 is 0 Å². The molecule has 0 spiro atoms. The zero-order valence-corrected chi connectivity index (χ0v) is 9.36. The first-order chi connectivity index (χ1) is 5.72. The van der Waals surface area contributed by atoms with Crippen molar-refractivity contribution in [2.45, 2.75) is 18.2 Å². The van der Waals surface area contributed by atoms with Crippen molar-refractivity contribution in [2.75, 3.05) is 6.61 Å². The molecule has 0 aliphatic heterocycles. The van der Waals surface area contributed by atoms with Crippen molar-refractivity contribution < 1.29 is 4.74 Å². The molecule has 0 bridgehead atoms. The standard InChI is InChI=1S/C9H11BrOS/c1-2-3-11-8-4-7(10)5-9(12)6-8/h4-6,12H,2-3H2,1H3. The summed E-state index contributed by atoms with van der Waals surface area (Å²) in [5.74, 6) is 0.872. The predicted molar refractivity (Wildman–Crippen MR) is 57.2 cm³/mol. The molecule has 0 saturated heterocycles. The van der Waals surface area contributed by atoms with E-state index in [9.17, 15) is 0 Å². The van der Waals surface area contributed by atoms with E-state index in [2.05, 4.69) is 35.5 Å². The summed E-state index contributed by atoms with van der Waals surface area (Å²) in [7, 11) is 0. The Bertz CT molecular complexity index is 242. The smallest absolute Gasteiger partial charge is 0.121 e. The van der Waals surface area contributed by atoms with Crippen LogP contribution < -0.4 is 4.74 Å². The number of ether oxygens (including phenoxy) is 1. The lowest BCUT2D eigenvalue weighted by molar-refractivity contribution is 0.316. The van der Waals surface area contributed by atoms with Gasteiger partial charge in [0.15, 0.2) is 0 Å². The molecule has 3 heteroatoms. The molecule has 1 rings (SSSR count). The number of benzene rings is 1. The van der Waals surface area contributed by atoms with Gasteiger partial charge in [-0.2, -0.15) is 0 Å². The fourth-order valence-corrected chi connectivity index (χ4v) is 1.77. The molecule has 0 unspecified atom stereocenters. The van der Waals surface area contributed by atoms with Gasteiger partial charge < -0.3 is 4.74 Å². The van der Waals surface area contributed by atoms with Crippen molar-refractivity contribution in [3.05, 3.63) is 22.7 Å². The molecule has 1 aromatic rings. The molecule has 0 heterocycles. The minimum atomic E-state index is 0.754. The molecule has 66 valence electrons. The first kappa shape index (κ1) is 9.93. The molecular weight excluding hydrogens is 236 g/mol. The van der Waals surface area contributed by atoms with Crippen LogP contribution in [-0.4, -0.2) is 6.61 Å². The van der Waals surface area contributed by atoms with Gasteiger partial charge in [-0.25, -0.2) is 0 Å². The van der Waals surface area contributed by atoms with Gasteiger partial charge in [-0.3, -0.25) is 0 Å². The van der Waals surface area contributed by atoms with E-state index in [4.69, 9.17) is 4.74 Å². The molecule has 1 nitrogen and oxygen atoms in total.